The van der Waals surface area contributed by atoms with Gasteiger partial charge >= 0.3 is 12.2 Å². The van der Waals surface area contributed by atoms with Gasteiger partial charge in [0.05, 0.1) is 16.8 Å². The topological polar surface area (TPSA) is 125 Å². The molecule has 3 amide bonds. The van der Waals surface area contributed by atoms with Crippen LogP contribution in [0.3, 0.4) is 0 Å². The van der Waals surface area contributed by atoms with Gasteiger partial charge in [-0.05, 0) is 78.4 Å². The first-order valence-electron chi connectivity index (χ1n) is 11.4. The van der Waals surface area contributed by atoms with Gasteiger partial charge in [0, 0.05) is 23.6 Å². The SMILES string of the molecule is O=C(Nc1ccc(Oc2ccnc(C(=O)N/N=C/c3ccc(O)cc3)c2)cc1)Nc1ccc(Cl)c(C(F)(F)F)c1. The van der Waals surface area contributed by atoms with Crippen molar-refractivity contribution in [1.29, 1.82) is 0 Å². The van der Waals surface area contributed by atoms with Crippen molar-refractivity contribution in [3.05, 3.63) is 107 Å². The van der Waals surface area contributed by atoms with Gasteiger partial charge in [-0.1, -0.05) is 11.6 Å². The van der Waals surface area contributed by atoms with Crippen molar-refractivity contribution in [1.82, 2.24) is 10.4 Å². The third kappa shape index (κ3) is 7.71. The number of amides is 3. The van der Waals surface area contributed by atoms with Crippen LogP contribution in [0.1, 0.15) is 21.6 Å². The molecule has 1 aromatic heterocycles. The van der Waals surface area contributed by atoms with Gasteiger partial charge in [0.2, 0.25) is 0 Å². The summed E-state index contributed by atoms with van der Waals surface area (Å²) in [5.41, 5.74) is 2.26. The summed E-state index contributed by atoms with van der Waals surface area (Å²) < 4.78 is 44.8. The van der Waals surface area contributed by atoms with Crippen LogP contribution in [0.4, 0.5) is 29.3 Å². The van der Waals surface area contributed by atoms with Gasteiger partial charge in [0.25, 0.3) is 5.91 Å². The molecule has 0 saturated heterocycles. The zero-order valence-electron chi connectivity index (χ0n) is 20.2. The summed E-state index contributed by atoms with van der Waals surface area (Å²) in [5.74, 6) is 0.221. The molecular formula is C27H19ClF3N5O4. The van der Waals surface area contributed by atoms with E-state index in [2.05, 4.69) is 26.1 Å². The highest BCUT2D eigenvalue weighted by molar-refractivity contribution is 6.31. The maximum Gasteiger partial charge on any atom is 0.417 e. The standard InChI is InChI=1S/C27H19ClF3N5O4/c28-23-10-5-18(13-22(23)27(29,30)31)35-26(39)34-17-3-8-20(9-4-17)40-21-11-12-32-24(14-21)25(38)36-33-15-16-1-6-19(37)7-2-16/h1-15,37H,(H,36,38)(H2,34,35,39)/b33-15+. The lowest BCUT2D eigenvalue weighted by Crippen LogP contribution is -2.19. The van der Waals surface area contributed by atoms with Gasteiger partial charge in [-0.25, -0.2) is 10.2 Å². The first-order chi connectivity index (χ1) is 19.1. The van der Waals surface area contributed by atoms with Crippen LogP contribution in [0.25, 0.3) is 0 Å². The number of hydrogen-bond acceptors (Lipinski definition) is 6. The van der Waals surface area contributed by atoms with Crippen LogP contribution < -0.4 is 20.8 Å². The number of ether oxygens (including phenoxy) is 1. The Labute approximate surface area is 230 Å². The number of aromatic hydroxyl groups is 1. The average molecular weight is 570 g/mol. The van der Waals surface area contributed by atoms with E-state index in [9.17, 15) is 27.9 Å². The van der Waals surface area contributed by atoms with Crippen LogP contribution in [0.15, 0.2) is 90.2 Å². The fourth-order valence-electron chi connectivity index (χ4n) is 3.24. The summed E-state index contributed by atoms with van der Waals surface area (Å²) in [5, 5.41) is 17.5. The Morgan fingerprint density at radius 1 is 0.900 bits per heavy atom. The molecule has 40 heavy (non-hydrogen) atoms. The highest BCUT2D eigenvalue weighted by atomic mass is 35.5. The van der Waals surface area contributed by atoms with Crippen LogP contribution in [-0.4, -0.2) is 28.2 Å². The number of halogens is 4. The lowest BCUT2D eigenvalue weighted by molar-refractivity contribution is -0.137. The molecule has 0 unspecified atom stereocenters. The van der Waals surface area contributed by atoms with E-state index in [1.807, 2.05) is 0 Å². The Balaban J connectivity index is 1.32. The van der Waals surface area contributed by atoms with Crippen LogP contribution in [0.5, 0.6) is 17.2 Å². The number of pyridine rings is 1. The maximum atomic E-state index is 13.0. The Morgan fingerprint density at radius 2 is 1.57 bits per heavy atom. The maximum absolute atomic E-state index is 13.0. The molecule has 0 fully saturated rings. The van der Waals surface area contributed by atoms with Crippen molar-refractivity contribution >= 4 is 41.1 Å². The van der Waals surface area contributed by atoms with E-state index in [1.165, 1.54) is 54.9 Å². The number of anilines is 2. The van der Waals surface area contributed by atoms with Crippen molar-refractivity contribution in [3.63, 3.8) is 0 Å². The summed E-state index contributed by atoms with van der Waals surface area (Å²) in [6.45, 7) is 0. The molecule has 204 valence electrons. The highest BCUT2D eigenvalue weighted by Gasteiger charge is 2.33. The second kappa shape index (κ2) is 12.2. The Kier molecular flexibility index (Phi) is 8.50. The number of carbonyl (C=O) groups excluding carboxylic acids is 2. The number of phenols is 1. The van der Waals surface area contributed by atoms with Crippen LogP contribution in [0.2, 0.25) is 5.02 Å². The molecule has 4 aromatic rings. The third-order valence-corrected chi connectivity index (χ3v) is 5.44. The molecule has 3 aromatic carbocycles. The lowest BCUT2D eigenvalue weighted by atomic mass is 10.2. The highest BCUT2D eigenvalue weighted by Crippen LogP contribution is 2.36. The van der Waals surface area contributed by atoms with E-state index in [0.717, 1.165) is 12.1 Å². The third-order valence-electron chi connectivity index (χ3n) is 5.11. The molecule has 0 aliphatic rings. The summed E-state index contributed by atoms with van der Waals surface area (Å²) in [7, 11) is 0. The minimum atomic E-state index is -4.66. The van der Waals surface area contributed by atoms with Gasteiger partial charge in [0.15, 0.2) is 0 Å². The number of nitrogens with one attached hydrogen (secondary N) is 3. The quantitative estimate of drug-likeness (QED) is 0.146. The normalized spacial score (nSPS) is 11.2. The number of rotatable bonds is 7. The molecule has 0 spiro atoms. The predicted molar refractivity (Wildman–Crippen MR) is 143 cm³/mol. The number of benzene rings is 3. The molecule has 1 heterocycles. The van der Waals surface area contributed by atoms with Crippen molar-refractivity contribution in [2.24, 2.45) is 5.10 Å². The van der Waals surface area contributed by atoms with Gasteiger partial charge < -0.3 is 20.5 Å². The Bertz CT molecular complexity index is 1550. The first kappa shape index (κ1) is 27.9. The number of phenolic OH excluding ortho intramolecular Hbond substituents is 1. The number of hydrazone groups is 1. The molecule has 0 bridgehead atoms. The van der Waals surface area contributed by atoms with Gasteiger partial charge in [0.1, 0.15) is 22.9 Å². The summed E-state index contributed by atoms with van der Waals surface area (Å²) in [6.07, 6.45) is -1.87. The molecule has 0 radical (unpaired) electrons. The van der Waals surface area contributed by atoms with Gasteiger partial charge in [-0.15, -0.1) is 0 Å². The second-order valence-electron chi connectivity index (χ2n) is 8.07. The molecule has 0 aliphatic heterocycles. The summed E-state index contributed by atoms with van der Waals surface area (Å²) in [4.78, 5) is 28.6. The van der Waals surface area contributed by atoms with E-state index in [4.69, 9.17) is 16.3 Å². The smallest absolute Gasteiger partial charge is 0.417 e. The zero-order chi connectivity index (χ0) is 28.7. The molecule has 9 nitrogen and oxygen atoms in total. The number of hydrogen-bond donors (Lipinski definition) is 4. The molecule has 0 atom stereocenters. The monoisotopic (exact) mass is 569 g/mol. The molecular weight excluding hydrogens is 551 g/mol. The van der Waals surface area contributed by atoms with E-state index in [0.29, 0.717) is 22.7 Å². The van der Waals surface area contributed by atoms with E-state index in [-0.39, 0.29) is 17.1 Å². The lowest BCUT2D eigenvalue weighted by Gasteiger charge is -2.12. The molecule has 4 rings (SSSR count). The summed E-state index contributed by atoms with van der Waals surface area (Å²) >= 11 is 5.59. The zero-order valence-corrected chi connectivity index (χ0v) is 21.0. The fourth-order valence-corrected chi connectivity index (χ4v) is 3.46. The largest absolute Gasteiger partial charge is 0.508 e. The summed E-state index contributed by atoms with van der Waals surface area (Å²) in [6, 6.07) is 17.6. The van der Waals surface area contributed by atoms with Crippen molar-refractivity contribution in [3.8, 4) is 17.2 Å². The molecule has 13 heteroatoms. The fraction of sp³-hybridized carbons (Fsp3) is 0.0370. The van der Waals surface area contributed by atoms with Crippen molar-refractivity contribution in [2.45, 2.75) is 6.18 Å². The number of alkyl halides is 3. The molecule has 0 aliphatic carbocycles. The average Bonchev–Trinajstić information content (AvgIpc) is 2.91. The minimum Gasteiger partial charge on any atom is -0.508 e. The van der Waals surface area contributed by atoms with Crippen molar-refractivity contribution in [2.75, 3.05) is 10.6 Å². The minimum absolute atomic E-state index is 0.0474. The van der Waals surface area contributed by atoms with E-state index in [1.54, 1.807) is 24.3 Å². The van der Waals surface area contributed by atoms with Gasteiger partial charge in [-0.3, -0.25) is 9.78 Å². The van der Waals surface area contributed by atoms with Crippen molar-refractivity contribution < 1.29 is 32.6 Å². The van der Waals surface area contributed by atoms with Gasteiger partial charge in [-0.2, -0.15) is 18.3 Å². The predicted octanol–water partition coefficient (Wildman–Crippen LogP) is 6.66. The molecule has 0 saturated carbocycles. The Hall–Kier alpha value is -5.10. The second-order valence-corrected chi connectivity index (χ2v) is 8.47. The molecule has 4 N–H and O–H groups in total. The van der Waals surface area contributed by atoms with Crippen LogP contribution in [0, 0.1) is 0 Å². The van der Waals surface area contributed by atoms with E-state index >= 15 is 0 Å². The number of nitrogens with zero attached hydrogens (tertiary/aromatic N) is 2. The first-order valence-corrected chi connectivity index (χ1v) is 11.8. The van der Waals surface area contributed by atoms with E-state index < -0.39 is 28.7 Å². The number of carbonyl (C=O) groups is 2. The van der Waals surface area contributed by atoms with Crippen LogP contribution in [-0.2, 0) is 6.18 Å². The Morgan fingerprint density at radius 3 is 2.27 bits per heavy atom. The number of urea groups is 1. The number of aromatic nitrogens is 1. The van der Waals surface area contributed by atoms with Crippen LogP contribution >= 0.6 is 11.6 Å².